The van der Waals surface area contributed by atoms with E-state index in [0.717, 1.165) is 29.3 Å². The van der Waals surface area contributed by atoms with E-state index in [1.807, 2.05) is 58.4 Å². The van der Waals surface area contributed by atoms with Crippen LogP contribution in [0.2, 0.25) is 5.02 Å². The predicted molar refractivity (Wildman–Crippen MR) is 153 cm³/mol. The fraction of sp³-hybridized carbons (Fsp3) is 0.400. The molecule has 3 aromatic rings. The maximum Gasteiger partial charge on any atom is 0.256 e. The van der Waals surface area contributed by atoms with Crippen molar-refractivity contribution in [3.63, 3.8) is 0 Å². The van der Waals surface area contributed by atoms with Gasteiger partial charge in [-0.1, -0.05) is 81.4 Å². The molecule has 1 heterocycles. The maximum absolute atomic E-state index is 13.5. The molecule has 0 aliphatic carbocycles. The second-order valence-corrected chi connectivity index (χ2v) is 10.3. The smallest absolute Gasteiger partial charge is 0.256 e. The van der Waals surface area contributed by atoms with Crippen LogP contribution in [0.15, 0.2) is 60.7 Å². The van der Waals surface area contributed by atoms with Crippen LogP contribution in [0.4, 0.5) is 5.69 Å². The molecule has 4 rings (SSSR count). The summed E-state index contributed by atoms with van der Waals surface area (Å²) in [7, 11) is 1.80. The molecule has 7 heteroatoms. The van der Waals surface area contributed by atoms with Gasteiger partial charge in [0.15, 0.2) is 0 Å². The second-order valence-electron chi connectivity index (χ2n) is 9.86. The zero-order valence-corrected chi connectivity index (χ0v) is 22.1. The first-order valence-electron chi connectivity index (χ1n) is 12.6. The number of hydrogen-bond acceptors (Lipinski definition) is 4. The number of hydrogen-bond donors (Lipinski definition) is 1. The Balaban J connectivity index is 0.00000380. The molecule has 2 amide bonds. The van der Waals surface area contributed by atoms with Crippen LogP contribution in [-0.4, -0.2) is 48.5 Å². The maximum atomic E-state index is 13.5. The van der Waals surface area contributed by atoms with Gasteiger partial charge in [-0.25, -0.2) is 5.01 Å². The van der Waals surface area contributed by atoms with Gasteiger partial charge in [0.1, 0.15) is 0 Å². The Morgan fingerprint density at radius 3 is 2.22 bits per heavy atom. The quantitative estimate of drug-likeness (QED) is 0.338. The Labute approximate surface area is 226 Å². The molecule has 0 saturated heterocycles. The molecule has 6 nitrogen and oxygen atoms in total. The summed E-state index contributed by atoms with van der Waals surface area (Å²) in [5.74, 6) is 0.431. The number of carbonyl (C=O) groups is 2. The number of nitrogens with zero attached hydrogens (tertiary/aromatic N) is 3. The van der Waals surface area contributed by atoms with Crippen molar-refractivity contribution in [1.82, 2.24) is 15.3 Å². The van der Waals surface area contributed by atoms with E-state index < -0.39 is 0 Å². The molecular formula is C30H39ClN4O2. The minimum absolute atomic E-state index is 0. The van der Waals surface area contributed by atoms with Crippen LogP contribution in [0.25, 0.3) is 10.8 Å². The van der Waals surface area contributed by atoms with Crippen molar-refractivity contribution >= 4 is 39.9 Å². The van der Waals surface area contributed by atoms with Gasteiger partial charge in [-0.3, -0.25) is 14.6 Å². The van der Waals surface area contributed by atoms with Crippen LogP contribution in [0, 0.1) is 5.92 Å². The van der Waals surface area contributed by atoms with E-state index in [1.165, 1.54) is 11.1 Å². The number of benzene rings is 3. The minimum Gasteiger partial charge on any atom is -0.355 e. The van der Waals surface area contributed by atoms with E-state index in [-0.39, 0.29) is 32.3 Å². The highest BCUT2D eigenvalue weighted by atomic mass is 35.5. The lowest BCUT2D eigenvalue weighted by atomic mass is 10.1. The molecule has 198 valence electrons. The Morgan fingerprint density at radius 1 is 0.946 bits per heavy atom. The summed E-state index contributed by atoms with van der Waals surface area (Å²) in [6, 6.07) is 19.8. The number of hydrazine groups is 1. The van der Waals surface area contributed by atoms with Gasteiger partial charge in [-0.2, -0.15) is 0 Å². The molecule has 0 spiro atoms. The highest BCUT2D eigenvalue weighted by Gasteiger charge is 2.27. The van der Waals surface area contributed by atoms with Gasteiger partial charge in [0.05, 0.1) is 13.1 Å². The summed E-state index contributed by atoms with van der Waals surface area (Å²) < 4.78 is 0. The van der Waals surface area contributed by atoms with Crippen molar-refractivity contribution in [3.05, 3.63) is 76.8 Å². The molecule has 1 aliphatic heterocycles. The third-order valence-corrected chi connectivity index (χ3v) is 7.07. The van der Waals surface area contributed by atoms with Crippen LogP contribution < -0.4 is 10.2 Å². The minimum atomic E-state index is -0.0955. The van der Waals surface area contributed by atoms with E-state index in [1.54, 1.807) is 12.1 Å². The highest BCUT2D eigenvalue weighted by molar-refractivity contribution is 6.36. The van der Waals surface area contributed by atoms with Crippen molar-refractivity contribution < 1.29 is 9.59 Å². The van der Waals surface area contributed by atoms with E-state index in [9.17, 15) is 9.59 Å². The molecule has 0 radical (unpaired) electrons. The summed E-state index contributed by atoms with van der Waals surface area (Å²) in [5.41, 5.74) is 3.29. The number of halogens is 1. The fourth-order valence-electron chi connectivity index (χ4n) is 4.67. The van der Waals surface area contributed by atoms with Gasteiger partial charge in [-0.05, 0) is 42.0 Å². The number of rotatable bonds is 10. The lowest BCUT2D eigenvalue weighted by Gasteiger charge is -2.32. The number of fused-ring (bicyclic) bond motifs is 2. The molecule has 37 heavy (non-hydrogen) atoms. The molecular weight excluding hydrogens is 484 g/mol. The van der Waals surface area contributed by atoms with Crippen molar-refractivity contribution in [2.75, 3.05) is 31.6 Å². The Morgan fingerprint density at radius 2 is 1.57 bits per heavy atom. The van der Waals surface area contributed by atoms with Gasteiger partial charge < -0.3 is 10.2 Å². The van der Waals surface area contributed by atoms with E-state index >= 15 is 0 Å². The van der Waals surface area contributed by atoms with Crippen LogP contribution in [0.1, 0.15) is 45.2 Å². The van der Waals surface area contributed by atoms with Crippen molar-refractivity contribution in [2.45, 2.75) is 47.2 Å². The first-order chi connectivity index (χ1) is 17.3. The molecule has 0 saturated carbocycles. The van der Waals surface area contributed by atoms with E-state index in [2.05, 4.69) is 31.3 Å². The number of anilines is 1. The third-order valence-electron chi connectivity index (χ3n) is 6.74. The molecule has 0 aromatic heterocycles. The third kappa shape index (κ3) is 7.02. The first kappa shape index (κ1) is 28.5. The Kier molecular flexibility index (Phi) is 9.95. The molecule has 0 unspecified atom stereocenters. The lowest BCUT2D eigenvalue weighted by molar-refractivity contribution is -0.145. The summed E-state index contributed by atoms with van der Waals surface area (Å²) in [6.07, 6.45) is 2.00. The Hall–Kier alpha value is -3.09. The van der Waals surface area contributed by atoms with Crippen molar-refractivity contribution in [2.24, 2.45) is 5.92 Å². The monoisotopic (exact) mass is 522 g/mol. The van der Waals surface area contributed by atoms with E-state index in [0.29, 0.717) is 30.6 Å². The molecule has 3 aromatic carbocycles. The Bertz CT molecular complexity index is 1200. The van der Waals surface area contributed by atoms with Crippen LogP contribution in [0.3, 0.4) is 0 Å². The second kappa shape index (κ2) is 12.9. The van der Waals surface area contributed by atoms with Crippen LogP contribution in [0.5, 0.6) is 0 Å². The first-order valence-corrected chi connectivity index (χ1v) is 13.0. The SMILES string of the molecule is C.CC(C)CCCNC(=O)CN(CC(=O)N(C)N1Cc2ccccc2C1)c1ccc(Cl)c2ccccc12. The zero-order chi connectivity index (χ0) is 25.7. The van der Waals surface area contributed by atoms with Gasteiger partial charge in [0, 0.05) is 48.2 Å². The largest absolute Gasteiger partial charge is 0.355 e. The van der Waals surface area contributed by atoms with Crippen LogP contribution >= 0.6 is 11.6 Å². The highest BCUT2D eigenvalue weighted by Crippen LogP contribution is 2.32. The lowest BCUT2D eigenvalue weighted by Crippen LogP contribution is -2.48. The molecule has 0 fully saturated rings. The average Bonchev–Trinajstić information content (AvgIpc) is 3.30. The average molecular weight is 523 g/mol. The standard InChI is InChI=1S/C29H35ClN4O2.CH4/c1-21(2)9-8-16-31-28(35)19-33(27-15-14-26(30)24-12-6-7-13-25(24)27)20-29(36)32(3)34-17-22-10-4-5-11-23(22)18-34;/h4-7,10-15,21H,8-9,16-20H2,1-3H3,(H,31,35);1H4. The zero-order valence-electron chi connectivity index (χ0n) is 21.3. The number of nitrogens with one attached hydrogen (secondary N) is 1. The molecule has 1 N–H and O–H groups in total. The summed E-state index contributed by atoms with van der Waals surface area (Å²) in [6.45, 7) is 6.54. The molecule has 1 aliphatic rings. The van der Waals surface area contributed by atoms with Crippen LogP contribution in [-0.2, 0) is 22.7 Å². The van der Waals surface area contributed by atoms with Crippen molar-refractivity contribution in [1.29, 1.82) is 0 Å². The number of carbonyl (C=O) groups excluding carboxylic acids is 2. The van der Waals surface area contributed by atoms with Gasteiger partial charge >= 0.3 is 0 Å². The van der Waals surface area contributed by atoms with E-state index in [4.69, 9.17) is 11.6 Å². The van der Waals surface area contributed by atoms with Crippen molar-refractivity contribution in [3.8, 4) is 0 Å². The topological polar surface area (TPSA) is 55.9 Å². The van der Waals surface area contributed by atoms with Gasteiger partial charge in [0.2, 0.25) is 5.91 Å². The number of amides is 2. The summed E-state index contributed by atoms with van der Waals surface area (Å²) >= 11 is 6.46. The fourth-order valence-corrected chi connectivity index (χ4v) is 4.89. The van der Waals surface area contributed by atoms with Gasteiger partial charge in [0.25, 0.3) is 5.91 Å². The number of likely N-dealkylation sites (N-methyl/N-ethyl adjacent to an activating group) is 1. The normalized spacial score (nSPS) is 12.8. The molecule has 0 bridgehead atoms. The summed E-state index contributed by atoms with van der Waals surface area (Å²) in [5, 5.41) is 9.21. The molecule has 0 atom stereocenters. The summed E-state index contributed by atoms with van der Waals surface area (Å²) in [4.78, 5) is 28.2. The van der Waals surface area contributed by atoms with Gasteiger partial charge in [-0.15, -0.1) is 0 Å². The predicted octanol–water partition coefficient (Wildman–Crippen LogP) is 5.88.